The Balaban J connectivity index is 3.08. The Bertz CT molecular complexity index is 232. The van der Waals surface area contributed by atoms with Crippen LogP contribution in [0.2, 0.25) is 0 Å². The largest absolute Gasteiger partial charge is 0.298 e. The number of hydrogen-bond acceptors (Lipinski definition) is 1. The number of hydrogen-bond donors (Lipinski definition) is 0. The lowest BCUT2D eigenvalue weighted by Crippen LogP contribution is -1.86. The van der Waals surface area contributed by atoms with Crippen LogP contribution in [0.1, 0.15) is 15.9 Å². The van der Waals surface area contributed by atoms with Crippen LogP contribution in [0.3, 0.4) is 0 Å². The highest BCUT2D eigenvalue weighted by molar-refractivity contribution is 6.17. The molecule has 1 aromatic rings. The summed E-state index contributed by atoms with van der Waals surface area (Å²) in [5.74, 6) is 0.398. The molecule has 0 bridgehead atoms. The zero-order valence-electron chi connectivity index (χ0n) is 5.38. The summed E-state index contributed by atoms with van der Waals surface area (Å²) in [5, 5.41) is 0. The highest BCUT2D eigenvalue weighted by Gasteiger charge is 1.95. The molecule has 0 aliphatic heterocycles. The van der Waals surface area contributed by atoms with Gasteiger partial charge in [-0.2, -0.15) is 0 Å². The van der Waals surface area contributed by atoms with Crippen LogP contribution in [0.25, 0.3) is 0 Å². The molecule has 1 nitrogen and oxygen atoms in total. The Hall–Kier alpha value is -0.820. The Labute approximate surface area is 64.6 Å². The van der Waals surface area contributed by atoms with Gasteiger partial charge in [-0.05, 0) is 5.56 Å². The van der Waals surface area contributed by atoms with Crippen molar-refractivity contribution in [3.63, 3.8) is 0 Å². The minimum absolute atomic E-state index is 0.398. The maximum Gasteiger partial charge on any atom is 0.150 e. The third kappa shape index (κ3) is 1.36. The van der Waals surface area contributed by atoms with Gasteiger partial charge >= 0.3 is 0 Å². The number of aldehydes is 1. The molecule has 0 saturated carbocycles. The van der Waals surface area contributed by atoms with Gasteiger partial charge in [-0.15, -0.1) is 11.6 Å². The van der Waals surface area contributed by atoms with Gasteiger partial charge in [-0.3, -0.25) is 4.79 Å². The summed E-state index contributed by atoms with van der Waals surface area (Å²) in [7, 11) is 0. The molecular formula is C8H7ClO. The monoisotopic (exact) mass is 154 g/mol. The van der Waals surface area contributed by atoms with Crippen molar-refractivity contribution >= 4 is 17.9 Å². The Morgan fingerprint density at radius 1 is 1.40 bits per heavy atom. The fourth-order valence-electron chi connectivity index (χ4n) is 0.771. The maximum absolute atomic E-state index is 10.3. The second-order valence-corrected chi connectivity index (χ2v) is 2.22. The van der Waals surface area contributed by atoms with Gasteiger partial charge in [0.05, 0.1) is 0 Å². The zero-order valence-corrected chi connectivity index (χ0v) is 6.14. The van der Waals surface area contributed by atoms with E-state index in [9.17, 15) is 4.79 Å². The smallest absolute Gasteiger partial charge is 0.150 e. The minimum Gasteiger partial charge on any atom is -0.298 e. The molecule has 52 valence electrons. The molecule has 1 rings (SSSR count). The van der Waals surface area contributed by atoms with Gasteiger partial charge in [0.25, 0.3) is 0 Å². The van der Waals surface area contributed by atoms with E-state index in [4.69, 9.17) is 11.6 Å². The molecule has 10 heavy (non-hydrogen) atoms. The van der Waals surface area contributed by atoms with Crippen LogP contribution >= 0.6 is 11.6 Å². The van der Waals surface area contributed by atoms with E-state index in [1.165, 1.54) is 0 Å². The predicted octanol–water partition coefficient (Wildman–Crippen LogP) is 2.24. The number of benzene rings is 1. The van der Waals surface area contributed by atoms with E-state index in [1.54, 1.807) is 6.07 Å². The molecule has 0 unspecified atom stereocenters. The van der Waals surface area contributed by atoms with Gasteiger partial charge in [0.2, 0.25) is 0 Å². The van der Waals surface area contributed by atoms with Crippen molar-refractivity contribution in [3.05, 3.63) is 35.4 Å². The fourth-order valence-corrected chi connectivity index (χ4v) is 1.01. The first-order chi connectivity index (χ1) is 4.88. The first kappa shape index (κ1) is 7.29. The minimum atomic E-state index is 0.398. The lowest BCUT2D eigenvalue weighted by Gasteiger charge is -1.96. The van der Waals surface area contributed by atoms with E-state index >= 15 is 0 Å². The summed E-state index contributed by atoms with van der Waals surface area (Å²) in [6.07, 6.45) is 0.817. The van der Waals surface area contributed by atoms with Gasteiger partial charge in [0.1, 0.15) is 6.29 Å². The summed E-state index contributed by atoms with van der Waals surface area (Å²) < 4.78 is 0. The fraction of sp³-hybridized carbons (Fsp3) is 0.125. The van der Waals surface area contributed by atoms with Crippen LogP contribution in [0.4, 0.5) is 0 Å². The lowest BCUT2D eigenvalue weighted by molar-refractivity contribution is 0.112. The van der Waals surface area contributed by atoms with Gasteiger partial charge < -0.3 is 0 Å². The molecule has 0 amide bonds. The molecule has 0 aromatic heterocycles. The summed E-state index contributed by atoms with van der Waals surface area (Å²) in [5.41, 5.74) is 1.57. The Kier molecular flexibility index (Phi) is 2.46. The molecule has 0 spiro atoms. The van der Waals surface area contributed by atoms with Crippen molar-refractivity contribution in [3.8, 4) is 0 Å². The summed E-state index contributed by atoms with van der Waals surface area (Å²) >= 11 is 5.55. The average molecular weight is 155 g/mol. The number of carbonyl (C=O) groups is 1. The molecular weight excluding hydrogens is 148 g/mol. The number of rotatable bonds is 2. The van der Waals surface area contributed by atoms with Crippen LogP contribution in [0, 0.1) is 0 Å². The Morgan fingerprint density at radius 2 is 2.10 bits per heavy atom. The number of carbonyl (C=O) groups excluding carboxylic acids is 1. The van der Waals surface area contributed by atoms with Crippen LogP contribution in [0.15, 0.2) is 24.3 Å². The summed E-state index contributed by atoms with van der Waals surface area (Å²) in [4.78, 5) is 10.3. The van der Waals surface area contributed by atoms with E-state index in [0.29, 0.717) is 11.4 Å². The van der Waals surface area contributed by atoms with Crippen molar-refractivity contribution in [2.75, 3.05) is 0 Å². The van der Waals surface area contributed by atoms with Gasteiger partial charge in [-0.1, -0.05) is 24.3 Å². The second kappa shape index (κ2) is 3.37. The molecule has 0 atom stereocenters. The zero-order chi connectivity index (χ0) is 7.40. The van der Waals surface area contributed by atoms with Crippen LogP contribution in [-0.2, 0) is 5.88 Å². The van der Waals surface area contributed by atoms with Crippen molar-refractivity contribution in [1.29, 1.82) is 0 Å². The molecule has 2 heteroatoms. The quantitative estimate of drug-likeness (QED) is 0.472. The topological polar surface area (TPSA) is 17.1 Å². The summed E-state index contributed by atoms with van der Waals surface area (Å²) in [6.45, 7) is 0. The first-order valence-electron chi connectivity index (χ1n) is 2.97. The lowest BCUT2D eigenvalue weighted by atomic mass is 10.1. The van der Waals surface area contributed by atoms with E-state index in [-0.39, 0.29) is 0 Å². The third-order valence-electron chi connectivity index (χ3n) is 1.33. The van der Waals surface area contributed by atoms with Crippen LogP contribution < -0.4 is 0 Å². The van der Waals surface area contributed by atoms with E-state index in [1.807, 2.05) is 18.2 Å². The molecule has 0 aliphatic rings. The normalized spacial score (nSPS) is 9.30. The van der Waals surface area contributed by atoms with Gasteiger partial charge in [0.15, 0.2) is 0 Å². The number of alkyl halides is 1. The van der Waals surface area contributed by atoms with Crippen molar-refractivity contribution in [2.24, 2.45) is 0 Å². The van der Waals surface area contributed by atoms with Crippen molar-refractivity contribution < 1.29 is 4.79 Å². The highest BCUT2D eigenvalue weighted by Crippen LogP contribution is 2.07. The Morgan fingerprint density at radius 3 is 2.60 bits per heavy atom. The molecule has 1 aromatic carbocycles. The van der Waals surface area contributed by atoms with Gasteiger partial charge in [0, 0.05) is 11.4 Å². The molecule has 0 saturated heterocycles. The first-order valence-corrected chi connectivity index (χ1v) is 3.51. The van der Waals surface area contributed by atoms with Crippen LogP contribution in [0.5, 0.6) is 0 Å². The second-order valence-electron chi connectivity index (χ2n) is 1.95. The van der Waals surface area contributed by atoms with E-state index < -0.39 is 0 Å². The molecule has 0 heterocycles. The standard InChI is InChI=1S/C8H7ClO/c9-5-7-3-1-2-4-8(7)6-10/h1-4,6H,5H2. The van der Waals surface area contributed by atoms with E-state index in [2.05, 4.69) is 0 Å². The highest BCUT2D eigenvalue weighted by atomic mass is 35.5. The average Bonchev–Trinajstić information content (AvgIpc) is 2.04. The number of halogens is 1. The van der Waals surface area contributed by atoms with Crippen molar-refractivity contribution in [1.82, 2.24) is 0 Å². The van der Waals surface area contributed by atoms with E-state index in [0.717, 1.165) is 11.8 Å². The maximum atomic E-state index is 10.3. The molecule has 0 radical (unpaired) electrons. The molecule has 0 N–H and O–H groups in total. The van der Waals surface area contributed by atoms with Crippen LogP contribution in [-0.4, -0.2) is 6.29 Å². The van der Waals surface area contributed by atoms with Crippen molar-refractivity contribution in [2.45, 2.75) is 5.88 Å². The van der Waals surface area contributed by atoms with Gasteiger partial charge in [-0.25, -0.2) is 0 Å². The SMILES string of the molecule is O=Cc1ccccc1CCl. The molecule has 0 fully saturated rings. The summed E-state index contributed by atoms with van der Waals surface area (Å²) in [6, 6.07) is 7.28. The third-order valence-corrected chi connectivity index (χ3v) is 1.61. The molecule has 0 aliphatic carbocycles. The predicted molar refractivity (Wildman–Crippen MR) is 41.4 cm³/mol.